The predicted octanol–water partition coefficient (Wildman–Crippen LogP) is 6.73. The van der Waals surface area contributed by atoms with Crippen LogP contribution in [0.15, 0.2) is 42.9 Å². The average Bonchev–Trinajstić information content (AvgIpc) is 3.22. The molecule has 1 aliphatic carbocycles. The Morgan fingerprint density at radius 1 is 1.30 bits per heavy atom. The molecule has 0 bridgehead atoms. The van der Waals surface area contributed by atoms with E-state index in [2.05, 4.69) is 79.7 Å². The fraction of sp³-hybridized carbons (Fsp3) is 0.333. The minimum atomic E-state index is -0.364. The van der Waals surface area contributed by atoms with Crippen LogP contribution in [0, 0.1) is 11.7 Å². The lowest BCUT2D eigenvalue weighted by Crippen LogP contribution is -2.35. The van der Waals surface area contributed by atoms with E-state index in [-0.39, 0.29) is 17.3 Å². The second kappa shape index (κ2) is 10.7. The number of para-hydroxylation sites is 1. The topological polar surface area (TPSA) is 80.9 Å². The van der Waals surface area contributed by atoms with Crippen molar-refractivity contribution >= 4 is 80.0 Å². The Hall–Kier alpha value is -1.89. The van der Waals surface area contributed by atoms with Crippen LogP contribution in [0.4, 0.5) is 20.6 Å². The van der Waals surface area contributed by atoms with Crippen molar-refractivity contribution in [3.63, 3.8) is 0 Å². The lowest BCUT2D eigenvalue weighted by Gasteiger charge is -2.19. The van der Waals surface area contributed by atoms with Crippen molar-refractivity contribution < 1.29 is 9.18 Å². The maximum atomic E-state index is 14.8. The quantitative estimate of drug-likeness (QED) is 0.0954. The highest BCUT2D eigenvalue weighted by Crippen LogP contribution is 2.57. The standard InChI is InChI=1S/C24H24FIN7OP.H2S2/c1-14(2)11-32-20-8-18(27-9-15(20)10-28-32)21-19(12-33(30-21)35-26)29-23(34)31-13-24(6-7-24)16-4-3-5-17(25)22(16)31;1-2/h3-5,8-10,12,14,35H,6-7,11,13H2,1-2H3,(H,29,34);1-2H. The molecule has 13 heteroatoms. The molecule has 3 aromatic heterocycles. The molecule has 8 nitrogen and oxygen atoms in total. The van der Waals surface area contributed by atoms with Crippen molar-refractivity contribution in [3.8, 4) is 11.4 Å². The number of pyridine rings is 1. The van der Waals surface area contributed by atoms with E-state index in [4.69, 9.17) is 0 Å². The molecular formula is C24H26FIN7OPS2. The Kier molecular flexibility index (Phi) is 7.72. The number of urea groups is 1. The Morgan fingerprint density at radius 3 is 2.78 bits per heavy atom. The Labute approximate surface area is 239 Å². The number of thiol groups is 2. The third-order valence-corrected chi connectivity index (χ3v) is 8.62. The van der Waals surface area contributed by atoms with Crippen LogP contribution in [0.3, 0.4) is 0 Å². The van der Waals surface area contributed by atoms with Gasteiger partial charge in [-0.05, 0) is 58.5 Å². The molecule has 194 valence electrons. The van der Waals surface area contributed by atoms with Gasteiger partial charge in [-0.3, -0.25) is 14.6 Å². The van der Waals surface area contributed by atoms with Crippen LogP contribution in [0.1, 0.15) is 32.3 Å². The molecule has 2 amide bonds. The molecule has 2 aliphatic rings. The highest BCUT2D eigenvalue weighted by atomic mass is 127. The van der Waals surface area contributed by atoms with Crippen molar-refractivity contribution in [1.82, 2.24) is 24.3 Å². The van der Waals surface area contributed by atoms with Gasteiger partial charge in [-0.15, -0.1) is 23.3 Å². The van der Waals surface area contributed by atoms with Gasteiger partial charge in [0.15, 0.2) is 0 Å². The zero-order valence-corrected chi connectivity index (χ0v) is 25.1. The van der Waals surface area contributed by atoms with Gasteiger partial charge in [0.25, 0.3) is 0 Å². The monoisotopic (exact) mass is 669 g/mol. The molecule has 0 radical (unpaired) electrons. The number of carbonyl (C=O) groups excluding carboxylic acids is 1. The molecule has 0 saturated heterocycles. The van der Waals surface area contributed by atoms with Crippen LogP contribution in [0.5, 0.6) is 0 Å². The van der Waals surface area contributed by atoms with Crippen LogP contribution in [-0.4, -0.2) is 36.9 Å². The number of nitrogens with zero attached hydrogens (tertiary/aromatic N) is 6. The second-order valence-electron chi connectivity index (χ2n) is 9.70. The molecular weight excluding hydrogens is 643 g/mol. The number of nitrogens with one attached hydrogen (secondary N) is 1. The summed E-state index contributed by atoms with van der Waals surface area (Å²) < 4.78 is 18.6. The van der Waals surface area contributed by atoms with Crippen LogP contribution in [0.25, 0.3) is 22.3 Å². The number of hydrogen-bond donors (Lipinski definition) is 3. The molecule has 1 unspecified atom stereocenters. The summed E-state index contributed by atoms with van der Waals surface area (Å²) in [6, 6.07) is 6.70. The number of anilines is 2. The van der Waals surface area contributed by atoms with E-state index in [0.717, 1.165) is 35.9 Å². The van der Waals surface area contributed by atoms with E-state index in [9.17, 15) is 9.18 Å². The summed E-state index contributed by atoms with van der Waals surface area (Å²) in [5, 5.41) is 13.1. The molecule has 1 N–H and O–H groups in total. The van der Waals surface area contributed by atoms with Crippen molar-refractivity contribution in [2.75, 3.05) is 16.8 Å². The van der Waals surface area contributed by atoms with Crippen molar-refractivity contribution in [1.29, 1.82) is 0 Å². The van der Waals surface area contributed by atoms with E-state index < -0.39 is 0 Å². The van der Waals surface area contributed by atoms with Gasteiger partial charge in [0, 0.05) is 30.1 Å². The first-order chi connectivity index (χ1) is 17.9. The van der Waals surface area contributed by atoms with Gasteiger partial charge in [-0.25, -0.2) is 13.6 Å². The molecule has 1 saturated carbocycles. The minimum Gasteiger partial charge on any atom is -0.304 e. The fourth-order valence-electron chi connectivity index (χ4n) is 4.91. The zero-order chi connectivity index (χ0) is 26.3. The Bertz CT molecular complexity index is 1470. The third kappa shape index (κ3) is 4.97. The number of amides is 2. The summed E-state index contributed by atoms with van der Waals surface area (Å²) in [5.74, 6) is 0.0825. The summed E-state index contributed by atoms with van der Waals surface area (Å²) >= 11 is 8.69. The van der Waals surface area contributed by atoms with Crippen LogP contribution in [-0.2, 0) is 12.0 Å². The smallest absolute Gasteiger partial charge is 0.304 e. The van der Waals surface area contributed by atoms with Crippen molar-refractivity contribution in [2.45, 2.75) is 38.6 Å². The SMILES string of the molecule is CC(C)Cn1ncc2cnc(-c3nn(PI)cc3NC(=O)N3CC4(CC4)c4cccc(F)c43)cc21.SS. The maximum Gasteiger partial charge on any atom is 0.326 e. The first kappa shape index (κ1) is 26.7. The predicted molar refractivity (Wildman–Crippen MR) is 163 cm³/mol. The van der Waals surface area contributed by atoms with E-state index in [1.807, 2.05) is 23.0 Å². The molecule has 1 aliphatic heterocycles. The van der Waals surface area contributed by atoms with Gasteiger partial charge >= 0.3 is 6.03 Å². The molecule has 37 heavy (non-hydrogen) atoms. The lowest BCUT2D eigenvalue weighted by molar-refractivity contribution is 0.257. The van der Waals surface area contributed by atoms with Crippen molar-refractivity contribution in [3.05, 3.63) is 54.2 Å². The number of hydrogen-bond acceptors (Lipinski definition) is 6. The highest BCUT2D eigenvalue weighted by molar-refractivity contribution is 14.2. The zero-order valence-electron chi connectivity index (χ0n) is 20.2. The number of rotatable bonds is 5. The fourth-order valence-corrected chi connectivity index (χ4v) is 5.97. The summed E-state index contributed by atoms with van der Waals surface area (Å²) in [4.78, 5) is 19.6. The number of aromatic nitrogens is 5. The van der Waals surface area contributed by atoms with Crippen LogP contribution in [0.2, 0.25) is 0 Å². The third-order valence-electron chi connectivity index (χ3n) is 6.74. The number of benzene rings is 1. The van der Waals surface area contributed by atoms with Gasteiger partial charge in [0.2, 0.25) is 0 Å². The van der Waals surface area contributed by atoms with Gasteiger partial charge in [0.1, 0.15) is 11.5 Å². The van der Waals surface area contributed by atoms with Gasteiger partial charge in [-0.2, -0.15) is 10.2 Å². The molecule has 1 atom stereocenters. The van der Waals surface area contributed by atoms with Gasteiger partial charge in [-0.1, -0.05) is 26.0 Å². The summed E-state index contributed by atoms with van der Waals surface area (Å²) in [6.07, 6.45) is 7.70. The van der Waals surface area contributed by atoms with Gasteiger partial charge in [0.05, 0.1) is 41.4 Å². The van der Waals surface area contributed by atoms with Crippen molar-refractivity contribution in [2.24, 2.45) is 5.92 Å². The molecule has 1 spiro atoms. The Morgan fingerprint density at radius 2 is 2.08 bits per heavy atom. The molecule has 4 aromatic rings. The summed E-state index contributed by atoms with van der Waals surface area (Å²) in [6.45, 7) is 5.59. The van der Waals surface area contributed by atoms with Gasteiger partial charge < -0.3 is 5.32 Å². The van der Waals surface area contributed by atoms with Crippen LogP contribution < -0.4 is 10.2 Å². The normalized spacial score (nSPS) is 15.5. The lowest BCUT2D eigenvalue weighted by atomic mass is 9.99. The molecule has 6 rings (SSSR count). The number of fused-ring (bicyclic) bond motifs is 3. The highest BCUT2D eigenvalue weighted by Gasteiger charge is 2.54. The van der Waals surface area contributed by atoms with E-state index in [1.54, 1.807) is 27.8 Å². The van der Waals surface area contributed by atoms with E-state index >= 15 is 0 Å². The summed E-state index contributed by atoms with van der Waals surface area (Å²) in [7, 11) is 0. The summed E-state index contributed by atoms with van der Waals surface area (Å²) in [5.41, 5.74) is 3.97. The second-order valence-corrected chi connectivity index (χ2v) is 11.8. The van der Waals surface area contributed by atoms with Crippen LogP contribution >= 0.6 is 51.7 Å². The minimum absolute atomic E-state index is 0.104. The van der Waals surface area contributed by atoms with E-state index in [1.165, 1.54) is 6.07 Å². The first-order valence-corrected chi connectivity index (χ1v) is 17.4. The average molecular weight is 670 g/mol. The molecule has 4 heterocycles. The largest absolute Gasteiger partial charge is 0.326 e. The molecule has 1 fully saturated rings. The molecule has 1 aromatic carbocycles. The maximum absolute atomic E-state index is 14.8. The number of halogens is 2. The Balaban J connectivity index is 0.00000137. The number of carbonyl (C=O) groups is 1. The van der Waals surface area contributed by atoms with E-state index in [0.29, 0.717) is 41.6 Å². The first-order valence-electron chi connectivity index (χ1n) is 11.7.